The maximum Gasteiger partial charge on any atom is 0.162 e. The molecule has 7 nitrogen and oxygen atoms in total. The smallest absolute Gasteiger partial charge is 0.162 e. The van der Waals surface area contributed by atoms with Gasteiger partial charge in [-0.1, -0.05) is 0 Å². The van der Waals surface area contributed by atoms with E-state index < -0.39 is 6.04 Å². The Morgan fingerprint density at radius 1 is 1.47 bits per heavy atom. The number of nitrogens with zero attached hydrogens (tertiary/aromatic N) is 4. The zero-order valence-electron chi connectivity index (χ0n) is 10.1. The van der Waals surface area contributed by atoms with Gasteiger partial charge in [0.05, 0.1) is 13.3 Å². The maximum absolute atomic E-state index is 6.15. The van der Waals surface area contributed by atoms with Gasteiger partial charge in [-0.3, -0.25) is 9.78 Å². The predicted molar refractivity (Wildman–Crippen MR) is 61.6 cm³/mol. The van der Waals surface area contributed by atoms with Crippen LogP contribution in [-0.2, 0) is 0 Å². The van der Waals surface area contributed by atoms with Gasteiger partial charge in [-0.05, 0) is 13.8 Å². The lowest BCUT2D eigenvalue weighted by Gasteiger charge is -2.16. The third-order valence-electron chi connectivity index (χ3n) is 2.53. The van der Waals surface area contributed by atoms with Crippen LogP contribution in [-0.4, -0.2) is 32.1 Å². The minimum atomic E-state index is -0.433. The highest BCUT2D eigenvalue weighted by molar-refractivity contribution is 5.31. The molecule has 0 aliphatic heterocycles. The summed E-state index contributed by atoms with van der Waals surface area (Å²) in [5, 5.41) is 10.8. The molecule has 7 heteroatoms. The number of ether oxygens (including phenoxy) is 1. The molecule has 2 aromatic heterocycles. The van der Waals surface area contributed by atoms with Gasteiger partial charge < -0.3 is 10.5 Å². The lowest BCUT2D eigenvalue weighted by Crippen LogP contribution is -2.20. The number of methoxy groups -OCH3 is 1. The van der Waals surface area contributed by atoms with E-state index >= 15 is 0 Å². The van der Waals surface area contributed by atoms with Crippen LogP contribution in [0.2, 0.25) is 0 Å². The summed E-state index contributed by atoms with van der Waals surface area (Å²) in [4.78, 5) is 4.06. The molecule has 3 N–H and O–H groups in total. The van der Waals surface area contributed by atoms with Crippen LogP contribution in [0.3, 0.4) is 0 Å². The molecule has 0 bridgehead atoms. The zero-order valence-corrected chi connectivity index (χ0v) is 10.1. The van der Waals surface area contributed by atoms with E-state index in [1.165, 1.54) is 6.33 Å². The van der Waals surface area contributed by atoms with E-state index in [4.69, 9.17) is 10.5 Å². The summed E-state index contributed by atoms with van der Waals surface area (Å²) in [6.07, 6.45) is 3.09. The highest BCUT2D eigenvalue weighted by Crippen LogP contribution is 2.28. The Hall–Kier alpha value is -1.89. The summed E-state index contributed by atoms with van der Waals surface area (Å²) < 4.78 is 7.10. The number of hydrogen-bond donors (Lipinski definition) is 2. The van der Waals surface area contributed by atoms with E-state index in [2.05, 4.69) is 20.3 Å². The van der Waals surface area contributed by atoms with Crippen LogP contribution >= 0.6 is 0 Å². The zero-order chi connectivity index (χ0) is 12.4. The third-order valence-corrected chi connectivity index (χ3v) is 2.53. The topological polar surface area (TPSA) is 94.6 Å². The summed E-state index contributed by atoms with van der Waals surface area (Å²) in [5.41, 5.74) is 6.94. The van der Waals surface area contributed by atoms with Crippen molar-refractivity contribution in [3.8, 4) is 5.75 Å². The molecule has 0 aliphatic carbocycles. The molecule has 2 heterocycles. The van der Waals surface area contributed by atoms with Gasteiger partial charge in [0.2, 0.25) is 0 Å². The van der Waals surface area contributed by atoms with Crippen LogP contribution in [0.4, 0.5) is 0 Å². The van der Waals surface area contributed by atoms with Gasteiger partial charge in [-0.25, -0.2) is 4.98 Å². The number of aromatic amines is 1. The molecule has 0 aliphatic rings. The van der Waals surface area contributed by atoms with E-state index in [1.807, 2.05) is 18.5 Å². The van der Waals surface area contributed by atoms with Crippen molar-refractivity contribution in [1.29, 1.82) is 0 Å². The molecule has 1 atom stereocenters. The SMILES string of the molecule is COc1cnn(C(C)C)c1C(N)c1ncn[nH]1. The van der Waals surface area contributed by atoms with Crippen molar-refractivity contribution in [2.75, 3.05) is 7.11 Å². The first kappa shape index (κ1) is 11.6. The highest BCUT2D eigenvalue weighted by atomic mass is 16.5. The molecule has 0 radical (unpaired) electrons. The van der Waals surface area contributed by atoms with Crippen molar-refractivity contribution in [1.82, 2.24) is 25.0 Å². The molecular weight excluding hydrogens is 220 g/mol. The molecule has 2 rings (SSSR count). The predicted octanol–water partition coefficient (Wildman–Crippen LogP) is 0.639. The first-order valence-electron chi connectivity index (χ1n) is 5.37. The van der Waals surface area contributed by atoms with E-state index in [-0.39, 0.29) is 6.04 Å². The third kappa shape index (κ3) is 2.01. The van der Waals surface area contributed by atoms with Crippen molar-refractivity contribution in [2.45, 2.75) is 25.9 Å². The Bertz CT molecular complexity index is 475. The summed E-state index contributed by atoms with van der Waals surface area (Å²) >= 11 is 0. The number of nitrogens with one attached hydrogen (secondary N) is 1. The molecule has 17 heavy (non-hydrogen) atoms. The van der Waals surface area contributed by atoms with Gasteiger partial charge in [0.15, 0.2) is 5.75 Å². The minimum absolute atomic E-state index is 0.197. The summed E-state index contributed by atoms with van der Waals surface area (Å²) in [6.45, 7) is 4.06. The van der Waals surface area contributed by atoms with Crippen molar-refractivity contribution < 1.29 is 4.74 Å². The maximum atomic E-state index is 6.15. The monoisotopic (exact) mass is 236 g/mol. The number of hydrogen-bond acceptors (Lipinski definition) is 5. The normalized spacial score (nSPS) is 13.0. The van der Waals surface area contributed by atoms with Crippen molar-refractivity contribution in [3.63, 3.8) is 0 Å². The largest absolute Gasteiger partial charge is 0.493 e. The second-order valence-electron chi connectivity index (χ2n) is 3.98. The van der Waals surface area contributed by atoms with Gasteiger partial charge in [0, 0.05) is 6.04 Å². The Labute approximate surface area is 99.0 Å². The van der Waals surface area contributed by atoms with Crippen LogP contribution < -0.4 is 10.5 Å². The highest BCUT2D eigenvalue weighted by Gasteiger charge is 2.23. The molecule has 0 amide bonds. The number of aromatic nitrogens is 5. The molecule has 0 saturated carbocycles. The number of H-pyrrole nitrogens is 1. The first-order chi connectivity index (χ1) is 8.15. The van der Waals surface area contributed by atoms with Crippen LogP contribution in [0.15, 0.2) is 12.5 Å². The fourth-order valence-electron chi connectivity index (χ4n) is 1.71. The average Bonchev–Trinajstić information content (AvgIpc) is 2.96. The van der Waals surface area contributed by atoms with E-state index in [9.17, 15) is 0 Å². The van der Waals surface area contributed by atoms with Gasteiger partial charge in [-0.15, -0.1) is 0 Å². The quantitative estimate of drug-likeness (QED) is 0.812. The Morgan fingerprint density at radius 3 is 2.76 bits per heavy atom. The minimum Gasteiger partial charge on any atom is -0.493 e. The fourth-order valence-corrected chi connectivity index (χ4v) is 1.71. The van der Waals surface area contributed by atoms with E-state index in [0.29, 0.717) is 11.6 Å². The van der Waals surface area contributed by atoms with Crippen molar-refractivity contribution in [3.05, 3.63) is 24.0 Å². The number of rotatable bonds is 4. The molecular formula is C10H16N6O. The molecule has 0 aromatic carbocycles. The molecule has 92 valence electrons. The second kappa shape index (κ2) is 4.54. The molecule has 0 spiro atoms. The average molecular weight is 236 g/mol. The summed E-state index contributed by atoms with van der Waals surface area (Å²) in [5.74, 6) is 1.24. The van der Waals surface area contributed by atoms with Crippen LogP contribution in [0, 0.1) is 0 Å². The van der Waals surface area contributed by atoms with E-state index in [1.54, 1.807) is 13.3 Å². The van der Waals surface area contributed by atoms with Crippen LogP contribution in [0.25, 0.3) is 0 Å². The standard InChI is InChI=1S/C10H16N6O/c1-6(2)16-9(7(17-3)4-14-16)8(11)10-12-5-13-15-10/h4-6,8H,11H2,1-3H3,(H,12,13,15). The summed E-state index contributed by atoms with van der Waals surface area (Å²) in [7, 11) is 1.60. The molecule has 0 saturated heterocycles. The Balaban J connectivity index is 2.45. The second-order valence-corrected chi connectivity index (χ2v) is 3.98. The van der Waals surface area contributed by atoms with Gasteiger partial charge in [-0.2, -0.15) is 10.2 Å². The Morgan fingerprint density at radius 2 is 2.24 bits per heavy atom. The first-order valence-corrected chi connectivity index (χ1v) is 5.37. The van der Waals surface area contributed by atoms with Gasteiger partial charge >= 0.3 is 0 Å². The van der Waals surface area contributed by atoms with Crippen molar-refractivity contribution >= 4 is 0 Å². The molecule has 2 aromatic rings. The van der Waals surface area contributed by atoms with E-state index in [0.717, 1.165) is 5.69 Å². The summed E-state index contributed by atoms with van der Waals surface area (Å²) in [6, 6.07) is -0.236. The lowest BCUT2D eigenvalue weighted by molar-refractivity contribution is 0.400. The Kier molecular flexibility index (Phi) is 3.10. The van der Waals surface area contributed by atoms with Gasteiger partial charge in [0.25, 0.3) is 0 Å². The molecule has 0 fully saturated rings. The fraction of sp³-hybridized carbons (Fsp3) is 0.500. The molecule has 1 unspecified atom stereocenters. The van der Waals surface area contributed by atoms with Crippen LogP contribution in [0.1, 0.15) is 37.4 Å². The lowest BCUT2D eigenvalue weighted by atomic mass is 10.2. The number of nitrogens with two attached hydrogens (primary N) is 1. The van der Waals surface area contributed by atoms with Crippen molar-refractivity contribution in [2.24, 2.45) is 5.73 Å². The van der Waals surface area contributed by atoms with Crippen LogP contribution in [0.5, 0.6) is 5.75 Å². The van der Waals surface area contributed by atoms with Gasteiger partial charge in [0.1, 0.15) is 23.9 Å².